The number of hydrogen-bond donors (Lipinski definition) is 1. The highest BCUT2D eigenvalue weighted by atomic mass is 35.5. The van der Waals surface area contributed by atoms with Gasteiger partial charge in [-0.3, -0.25) is 4.79 Å². The van der Waals surface area contributed by atoms with Crippen LogP contribution in [0.25, 0.3) is 0 Å². The fourth-order valence-corrected chi connectivity index (χ4v) is 2.58. The Kier molecular flexibility index (Phi) is 5.93. The number of ether oxygens (including phenoxy) is 3. The summed E-state index contributed by atoms with van der Waals surface area (Å²) in [5.74, 6) is 1.30. The first-order chi connectivity index (χ1) is 11.5. The van der Waals surface area contributed by atoms with Crippen LogP contribution in [-0.4, -0.2) is 32.2 Å². The third kappa shape index (κ3) is 3.92. The molecule has 0 heterocycles. The van der Waals surface area contributed by atoms with Crippen LogP contribution >= 0.6 is 11.6 Å². The highest BCUT2D eigenvalue weighted by Crippen LogP contribution is 2.38. The molecule has 2 rings (SSSR count). The summed E-state index contributed by atoms with van der Waals surface area (Å²) in [5, 5.41) is 10.3. The largest absolute Gasteiger partial charge is 0.508 e. The lowest BCUT2D eigenvalue weighted by Crippen LogP contribution is -2.04. The number of carbonyl (C=O) groups is 1. The number of phenols is 1. The minimum absolute atomic E-state index is 0.103. The molecule has 0 atom stereocenters. The van der Waals surface area contributed by atoms with Crippen LogP contribution in [0.15, 0.2) is 30.3 Å². The van der Waals surface area contributed by atoms with Gasteiger partial charge in [-0.15, -0.1) is 0 Å². The van der Waals surface area contributed by atoms with Gasteiger partial charge in [-0.05, 0) is 42.3 Å². The first kappa shape index (κ1) is 17.9. The molecule has 1 N–H and O–H groups in total. The Morgan fingerprint density at radius 3 is 2.21 bits per heavy atom. The maximum absolute atomic E-state index is 12.5. The number of methoxy groups -OCH3 is 3. The Balaban J connectivity index is 2.22. The van der Waals surface area contributed by atoms with E-state index in [-0.39, 0.29) is 18.0 Å². The van der Waals surface area contributed by atoms with Crippen molar-refractivity contribution in [1.29, 1.82) is 0 Å². The van der Waals surface area contributed by atoms with Crippen LogP contribution < -0.4 is 14.2 Å². The van der Waals surface area contributed by atoms with E-state index in [1.165, 1.54) is 27.4 Å². The molecule has 0 saturated carbocycles. The zero-order valence-electron chi connectivity index (χ0n) is 13.8. The Morgan fingerprint density at radius 2 is 1.67 bits per heavy atom. The molecule has 0 aliphatic heterocycles. The summed E-state index contributed by atoms with van der Waals surface area (Å²) in [6, 6.07) is 7.99. The van der Waals surface area contributed by atoms with Crippen molar-refractivity contribution in [2.45, 2.75) is 12.8 Å². The summed E-state index contributed by atoms with van der Waals surface area (Å²) in [5.41, 5.74) is 1.08. The smallest absolute Gasteiger partial charge is 0.203 e. The molecule has 5 nitrogen and oxygen atoms in total. The number of carbonyl (C=O) groups excluding carboxylic acids is 1. The van der Waals surface area contributed by atoms with Gasteiger partial charge in [-0.25, -0.2) is 0 Å². The van der Waals surface area contributed by atoms with Crippen LogP contribution in [0.5, 0.6) is 23.0 Å². The molecule has 24 heavy (non-hydrogen) atoms. The van der Waals surface area contributed by atoms with E-state index in [4.69, 9.17) is 25.8 Å². The van der Waals surface area contributed by atoms with Crippen LogP contribution in [0.3, 0.4) is 0 Å². The highest BCUT2D eigenvalue weighted by molar-refractivity contribution is 6.30. The quantitative estimate of drug-likeness (QED) is 0.767. The number of halogens is 1. The fourth-order valence-electron chi connectivity index (χ4n) is 2.39. The van der Waals surface area contributed by atoms with Gasteiger partial charge in [0.15, 0.2) is 17.3 Å². The summed E-state index contributed by atoms with van der Waals surface area (Å²) in [6.45, 7) is 0. The Bertz CT molecular complexity index is 717. The molecule has 0 spiro atoms. The van der Waals surface area contributed by atoms with Gasteiger partial charge in [0.1, 0.15) is 5.75 Å². The van der Waals surface area contributed by atoms with E-state index in [0.717, 1.165) is 0 Å². The molecule has 0 radical (unpaired) electrons. The first-order valence-electron chi connectivity index (χ1n) is 7.30. The predicted octanol–water partition coefficient (Wildman–Crippen LogP) is 3.89. The van der Waals surface area contributed by atoms with E-state index < -0.39 is 0 Å². The van der Waals surface area contributed by atoms with Crippen LogP contribution in [0, 0.1) is 0 Å². The number of Topliss-reactive ketones (excluding diaryl/α,β-unsaturated/α-hetero) is 1. The molecule has 128 valence electrons. The average molecular weight is 351 g/mol. The summed E-state index contributed by atoms with van der Waals surface area (Å²) in [6.07, 6.45) is 0.592. The molecule has 0 aliphatic rings. The van der Waals surface area contributed by atoms with Gasteiger partial charge in [-0.1, -0.05) is 11.6 Å². The molecular weight excluding hydrogens is 332 g/mol. The second kappa shape index (κ2) is 7.93. The van der Waals surface area contributed by atoms with Gasteiger partial charge in [0.2, 0.25) is 5.75 Å². The number of phenolic OH excluding ortho intramolecular Hbond substituents is 1. The number of aryl methyl sites for hydroxylation is 1. The molecular formula is C18H19ClO5. The van der Waals surface area contributed by atoms with Crippen molar-refractivity contribution in [3.63, 3.8) is 0 Å². The lowest BCUT2D eigenvalue weighted by Gasteiger charge is -2.13. The fraction of sp³-hybridized carbons (Fsp3) is 0.278. The second-order valence-corrected chi connectivity index (χ2v) is 5.55. The van der Waals surface area contributed by atoms with Crippen LogP contribution in [-0.2, 0) is 6.42 Å². The van der Waals surface area contributed by atoms with Crippen molar-refractivity contribution < 1.29 is 24.1 Å². The Labute approximate surface area is 145 Å². The van der Waals surface area contributed by atoms with E-state index in [9.17, 15) is 9.90 Å². The standard InChI is InChI=1S/C18H19ClO5/c1-22-16-9-12(10-17(23-2)18(16)24-3)15(21)6-4-11-8-13(19)5-7-14(11)20/h5,7-10,20H,4,6H2,1-3H3. The molecule has 0 aliphatic carbocycles. The van der Waals surface area contributed by atoms with E-state index in [2.05, 4.69) is 0 Å². The minimum Gasteiger partial charge on any atom is -0.508 e. The molecule has 2 aromatic carbocycles. The SMILES string of the molecule is COc1cc(C(=O)CCc2cc(Cl)ccc2O)cc(OC)c1OC. The minimum atomic E-state index is -0.103. The topological polar surface area (TPSA) is 65.0 Å². The van der Waals surface area contributed by atoms with Gasteiger partial charge < -0.3 is 19.3 Å². The van der Waals surface area contributed by atoms with E-state index in [0.29, 0.717) is 39.8 Å². The van der Waals surface area contributed by atoms with Crippen molar-refractivity contribution in [3.8, 4) is 23.0 Å². The molecule has 0 amide bonds. The van der Waals surface area contributed by atoms with Crippen LogP contribution in [0.4, 0.5) is 0 Å². The van der Waals surface area contributed by atoms with E-state index in [1.54, 1.807) is 24.3 Å². The normalized spacial score (nSPS) is 10.3. The lowest BCUT2D eigenvalue weighted by molar-refractivity contribution is 0.0982. The molecule has 0 unspecified atom stereocenters. The van der Waals surface area contributed by atoms with Gasteiger partial charge in [0.25, 0.3) is 0 Å². The van der Waals surface area contributed by atoms with E-state index in [1.807, 2.05) is 0 Å². The predicted molar refractivity (Wildman–Crippen MR) is 91.9 cm³/mol. The molecule has 0 aromatic heterocycles. The third-order valence-corrected chi connectivity index (χ3v) is 3.88. The number of hydrogen-bond acceptors (Lipinski definition) is 5. The zero-order chi connectivity index (χ0) is 17.7. The second-order valence-electron chi connectivity index (χ2n) is 5.11. The van der Waals surface area contributed by atoms with Crippen molar-refractivity contribution in [2.75, 3.05) is 21.3 Å². The van der Waals surface area contributed by atoms with Crippen molar-refractivity contribution in [2.24, 2.45) is 0 Å². The maximum atomic E-state index is 12.5. The summed E-state index contributed by atoms with van der Waals surface area (Å²) in [7, 11) is 4.49. The average Bonchev–Trinajstić information content (AvgIpc) is 2.60. The lowest BCUT2D eigenvalue weighted by atomic mass is 10.0. The van der Waals surface area contributed by atoms with Gasteiger partial charge in [-0.2, -0.15) is 0 Å². The van der Waals surface area contributed by atoms with Crippen LogP contribution in [0.2, 0.25) is 5.02 Å². The number of benzene rings is 2. The van der Waals surface area contributed by atoms with Crippen molar-refractivity contribution in [3.05, 3.63) is 46.5 Å². The van der Waals surface area contributed by atoms with E-state index >= 15 is 0 Å². The molecule has 0 fully saturated rings. The third-order valence-electron chi connectivity index (χ3n) is 3.65. The monoisotopic (exact) mass is 350 g/mol. The van der Waals surface area contributed by atoms with Crippen LogP contribution in [0.1, 0.15) is 22.3 Å². The number of ketones is 1. The molecule has 2 aromatic rings. The van der Waals surface area contributed by atoms with Gasteiger partial charge in [0.05, 0.1) is 21.3 Å². The number of aromatic hydroxyl groups is 1. The summed E-state index contributed by atoms with van der Waals surface area (Å²) >= 11 is 5.92. The molecule has 6 heteroatoms. The zero-order valence-corrected chi connectivity index (χ0v) is 14.5. The Morgan fingerprint density at radius 1 is 1.04 bits per heavy atom. The summed E-state index contributed by atoms with van der Waals surface area (Å²) in [4.78, 5) is 12.5. The van der Waals surface area contributed by atoms with Crippen molar-refractivity contribution >= 4 is 17.4 Å². The van der Waals surface area contributed by atoms with Crippen molar-refractivity contribution in [1.82, 2.24) is 0 Å². The Hall–Kier alpha value is -2.40. The molecule has 0 bridgehead atoms. The van der Waals surface area contributed by atoms with Gasteiger partial charge in [0, 0.05) is 17.0 Å². The first-order valence-corrected chi connectivity index (χ1v) is 7.68. The highest BCUT2D eigenvalue weighted by Gasteiger charge is 2.17. The maximum Gasteiger partial charge on any atom is 0.203 e. The van der Waals surface area contributed by atoms with Gasteiger partial charge >= 0.3 is 0 Å². The number of rotatable bonds is 7. The summed E-state index contributed by atoms with van der Waals surface area (Å²) < 4.78 is 15.7. The molecule has 0 saturated heterocycles.